The van der Waals surface area contributed by atoms with Gasteiger partial charge in [-0.15, -0.1) is 0 Å². The molecule has 104 valence electrons. The molecule has 1 aliphatic heterocycles. The Labute approximate surface area is 120 Å². The van der Waals surface area contributed by atoms with Crippen LogP contribution in [-0.4, -0.2) is 13.2 Å². The fourth-order valence-electron chi connectivity index (χ4n) is 3.29. The predicted molar refractivity (Wildman–Crippen MR) is 79.0 cm³/mol. The summed E-state index contributed by atoms with van der Waals surface area (Å²) in [5.41, 5.74) is 2.96. The van der Waals surface area contributed by atoms with Crippen LogP contribution in [0.25, 0.3) is 0 Å². The number of benzene rings is 1. The first-order chi connectivity index (χ1) is 9.03. The number of nitrogens with one attached hydrogen (secondary N) is 1. The molecule has 2 atom stereocenters. The van der Waals surface area contributed by atoms with Crippen molar-refractivity contribution in [2.45, 2.75) is 39.7 Å². The van der Waals surface area contributed by atoms with Crippen LogP contribution in [0.15, 0.2) is 12.1 Å². The molecule has 1 saturated carbocycles. The standard InChI is InChI=1S/C16H22ClNO/c1-4-18-14(13-9-16(13,2)3)12-8-11(17)7-10-5-6-19-15(10)12/h7-8,13-14,18H,4-6,9H2,1-3H3. The summed E-state index contributed by atoms with van der Waals surface area (Å²) in [6, 6.07) is 4.51. The van der Waals surface area contributed by atoms with E-state index in [-0.39, 0.29) is 0 Å². The Morgan fingerprint density at radius 2 is 2.21 bits per heavy atom. The minimum Gasteiger partial charge on any atom is -0.493 e. The molecule has 0 spiro atoms. The summed E-state index contributed by atoms with van der Waals surface area (Å²) in [7, 11) is 0. The van der Waals surface area contributed by atoms with E-state index in [1.165, 1.54) is 17.5 Å². The van der Waals surface area contributed by atoms with Gasteiger partial charge in [0.25, 0.3) is 0 Å². The van der Waals surface area contributed by atoms with Crippen LogP contribution < -0.4 is 10.1 Å². The number of hydrogen-bond acceptors (Lipinski definition) is 2. The van der Waals surface area contributed by atoms with Crippen LogP contribution in [0.2, 0.25) is 5.02 Å². The van der Waals surface area contributed by atoms with Gasteiger partial charge in [-0.1, -0.05) is 32.4 Å². The van der Waals surface area contributed by atoms with Gasteiger partial charge in [-0.25, -0.2) is 0 Å². The van der Waals surface area contributed by atoms with Gasteiger partial charge in [-0.05, 0) is 42.0 Å². The fourth-order valence-corrected chi connectivity index (χ4v) is 3.54. The normalized spacial score (nSPS) is 24.7. The molecule has 2 unspecified atom stereocenters. The maximum absolute atomic E-state index is 6.29. The van der Waals surface area contributed by atoms with Gasteiger partial charge in [0.1, 0.15) is 5.75 Å². The third-order valence-corrected chi connectivity index (χ3v) is 4.75. The second-order valence-corrected chi connectivity index (χ2v) is 6.85. The van der Waals surface area contributed by atoms with Crippen molar-refractivity contribution in [3.8, 4) is 5.75 Å². The van der Waals surface area contributed by atoms with Gasteiger partial charge in [0.2, 0.25) is 0 Å². The molecule has 1 aromatic carbocycles. The Kier molecular flexibility index (Phi) is 3.26. The van der Waals surface area contributed by atoms with Crippen molar-refractivity contribution >= 4 is 11.6 Å². The Morgan fingerprint density at radius 3 is 2.84 bits per heavy atom. The molecule has 1 fully saturated rings. The Morgan fingerprint density at radius 1 is 1.47 bits per heavy atom. The van der Waals surface area contributed by atoms with Crippen molar-refractivity contribution in [3.05, 3.63) is 28.3 Å². The number of hydrogen-bond donors (Lipinski definition) is 1. The Hall–Kier alpha value is -0.730. The van der Waals surface area contributed by atoms with Crippen LogP contribution in [0.4, 0.5) is 0 Å². The summed E-state index contributed by atoms with van der Waals surface area (Å²) in [5.74, 6) is 1.76. The van der Waals surface area contributed by atoms with Crippen LogP contribution >= 0.6 is 11.6 Å². The summed E-state index contributed by atoms with van der Waals surface area (Å²) in [5, 5.41) is 4.47. The average molecular weight is 280 g/mol. The highest BCUT2D eigenvalue weighted by Crippen LogP contribution is 2.59. The van der Waals surface area contributed by atoms with Crippen LogP contribution in [-0.2, 0) is 6.42 Å². The second-order valence-electron chi connectivity index (χ2n) is 6.42. The summed E-state index contributed by atoms with van der Waals surface area (Å²) >= 11 is 6.29. The number of ether oxygens (including phenoxy) is 1. The largest absolute Gasteiger partial charge is 0.493 e. The number of rotatable bonds is 4. The van der Waals surface area contributed by atoms with Gasteiger partial charge in [0.15, 0.2) is 0 Å². The molecule has 1 aliphatic carbocycles. The summed E-state index contributed by atoms with van der Waals surface area (Å²) < 4.78 is 5.86. The van der Waals surface area contributed by atoms with E-state index >= 15 is 0 Å². The first kappa shape index (κ1) is 13.3. The molecular weight excluding hydrogens is 258 g/mol. The molecule has 3 rings (SSSR count). The third kappa shape index (κ3) is 2.36. The van der Waals surface area contributed by atoms with Crippen molar-refractivity contribution in [2.75, 3.05) is 13.2 Å². The van der Waals surface area contributed by atoms with Crippen LogP contribution in [0, 0.1) is 11.3 Å². The summed E-state index contributed by atoms with van der Waals surface area (Å²) in [6.07, 6.45) is 2.25. The molecule has 0 radical (unpaired) electrons. The van der Waals surface area contributed by atoms with E-state index in [9.17, 15) is 0 Å². The van der Waals surface area contributed by atoms with Gasteiger partial charge in [0.05, 0.1) is 6.61 Å². The first-order valence-corrected chi connectivity index (χ1v) is 7.59. The lowest BCUT2D eigenvalue weighted by atomic mass is 9.94. The van der Waals surface area contributed by atoms with Crippen LogP contribution in [0.1, 0.15) is 44.4 Å². The quantitative estimate of drug-likeness (QED) is 0.900. The molecule has 19 heavy (non-hydrogen) atoms. The van der Waals surface area contributed by atoms with E-state index < -0.39 is 0 Å². The van der Waals surface area contributed by atoms with Crippen molar-refractivity contribution in [2.24, 2.45) is 11.3 Å². The summed E-state index contributed by atoms with van der Waals surface area (Å²) in [4.78, 5) is 0. The van der Waals surface area contributed by atoms with Gasteiger partial charge >= 0.3 is 0 Å². The van der Waals surface area contributed by atoms with Gasteiger partial charge < -0.3 is 10.1 Å². The highest BCUT2D eigenvalue weighted by Gasteiger charge is 2.51. The topological polar surface area (TPSA) is 21.3 Å². The maximum atomic E-state index is 6.29. The molecule has 2 nitrogen and oxygen atoms in total. The Balaban J connectivity index is 1.99. The molecule has 0 bridgehead atoms. The monoisotopic (exact) mass is 279 g/mol. The van der Waals surface area contributed by atoms with E-state index in [0.717, 1.165) is 30.3 Å². The predicted octanol–water partition coefficient (Wildman–Crippen LogP) is 3.97. The van der Waals surface area contributed by atoms with Crippen molar-refractivity contribution in [3.63, 3.8) is 0 Å². The summed E-state index contributed by atoms with van der Waals surface area (Å²) in [6.45, 7) is 8.60. The first-order valence-electron chi connectivity index (χ1n) is 7.21. The maximum Gasteiger partial charge on any atom is 0.127 e. The second kappa shape index (κ2) is 4.68. The number of halogens is 1. The van der Waals surface area contributed by atoms with E-state index in [2.05, 4.69) is 38.2 Å². The SMILES string of the molecule is CCNC(c1cc(Cl)cc2c1OCC2)C1CC1(C)C. The van der Waals surface area contributed by atoms with E-state index in [1.807, 2.05) is 0 Å². The zero-order valence-electron chi connectivity index (χ0n) is 11.9. The van der Waals surface area contributed by atoms with Crippen molar-refractivity contribution < 1.29 is 4.74 Å². The van der Waals surface area contributed by atoms with Crippen LogP contribution in [0.5, 0.6) is 5.75 Å². The smallest absolute Gasteiger partial charge is 0.127 e. The average Bonchev–Trinajstić information content (AvgIpc) is 2.76. The van der Waals surface area contributed by atoms with Gasteiger partial charge in [-0.2, -0.15) is 0 Å². The van der Waals surface area contributed by atoms with E-state index in [4.69, 9.17) is 16.3 Å². The number of fused-ring (bicyclic) bond motifs is 1. The zero-order chi connectivity index (χ0) is 13.6. The van der Waals surface area contributed by atoms with E-state index in [0.29, 0.717) is 17.4 Å². The van der Waals surface area contributed by atoms with Gasteiger partial charge in [-0.3, -0.25) is 0 Å². The molecule has 1 N–H and O–H groups in total. The lowest BCUT2D eigenvalue weighted by Crippen LogP contribution is -2.25. The minimum atomic E-state index is 0.366. The molecule has 0 amide bonds. The highest BCUT2D eigenvalue weighted by molar-refractivity contribution is 6.30. The molecular formula is C16H22ClNO. The van der Waals surface area contributed by atoms with Crippen molar-refractivity contribution in [1.29, 1.82) is 0 Å². The fraction of sp³-hybridized carbons (Fsp3) is 0.625. The van der Waals surface area contributed by atoms with Gasteiger partial charge in [0, 0.05) is 23.0 Å². The molecule has 1 aromatic rings. The van der Waals surface area contributed by atoms with E-state index in [1.54, 1.807) is 0 Å². The Bertz CT molecular complexity index is 498. The lowest BCUT2D eigenvalue weighted by molar-refractivity contribution is 0.341. The van der Waals surface area contributed by atoms with Crippen LogP contribution in [0.3, 0.4) is 0 Å². The van der Waals surface area contributed by atoms with Crippen molar-refractivity contribution in [1.82, 2.24) is 5.32 Å². The molecule has 0 saturated heterocycles. The minimum absolute atomic E-state index is 0.366. The molecule has 2 aliphatic rings. The lowest BCUT2D eigenvalue weighted by Gasteiger charge is -2.22. The highest BCUT2D eigenvalue weighted by atomic mass is 35.5. The third-order valence-electron chi connectivity index (χ3n) is 4.53. The molecule has 0 aromatic heterocycles. The zero-order valence-corrected chi connectivity index (χ0v) is 12.7. The molecule has 3 heteroatoms. The molecule has 1 heterocycles.